The van der Waals surface area contributed by atoms with Crippen molar-refractivity contribution in [1.29, 1.82) is 0 Å². The highest BCUT2D eigenvalue weighted by Gasteiger charge is 2.12. The molecule has 0 bridgehead atoms. The van der Waals surface area contributed by atoms with Gasteiger partial charge < -0.3 is 21.7 Å². The van der Waals surface area contributed by atoms with Crippen LogP contribution in [0.5, 0.6) is 0 Å². The lowest BCUT2D eigenvalue weighted by molar-refractivity contribution is -0.117. The van der Waals surface area contributed by atoms with E-state index in [0.29, 0.717) is 22.7 Å². The van der Waals surface area contributed by atoms with Crippen LogP contribution in [0, 0.1) is 0 Å². The molecule has 132 valence electrons. The molecule has 3 rings (SSSR count). The Balaban J connectivity index is 1.69. The van der Waals surface area contributed by atoms with E-state index in [1.54, 1.807) is 47.0 Å². The van der Waals surface area contributed by atoms with Crippen LogP contribution in [-0.2, 0) is 4.79 Å². The van der Waals surface area contributed by atoms with E-state index in [2.05, 4.69) is 20.9 Å². The van der Waals surface area contributed by atoms with Gasteiger partial charge in [0.05, 0.1) is 12.7 Å². The highest BCUT2D eigenvalue weighted by Crippen LogP contribution is 2.16. The molecule has 5 N–H and O–H groups in total. The SMILES string of the molecule is NC(=O)CNC(=O)Nc1cccc(NC(=O)c2cnc3ccccn23)c1. The first-order valence-electron chi connectivity index (χ1n) is 7.69. The van der Waals surface area contributed by atoms with Crippen LogP contribution in [0.3, 0.4) is 0 Å². The van der Waals surface area contributed by atoms with E-state index in [4.69, 9.17) is 5.73 Å². The van der Waals surface area contributed by atoms with Crippen LogP contribution >= 0.6 is 0 Å². The molecule has 3 aromatic rings. The summed E-state index contributed by atoms with van der Waals surface area (Å²) in [5.41, 5.74) is 6.96. The van der Waals surface area contributed by atoms with Crippen LogP contribution in [0.15, 0.2) is 54.9 Å². The third kappa shape index (κ3) is 3.96. The third-order valence-corrected chi connectivity index (χ3v) is 3.45. The van der Waals surface area contributed by atoms with Gasteiger partial charge in [-0.1, -0.05) is 12.1 Å². The Labute approximate surface area is 148 Å². The number of amides is 4. The van der Waals surface area contributed by atoms with Crippen molar-refractivity contribution in [1.82, 2.24) is 14.7 Å². The maximum absolute atomic E-state index is 12.5. The van der Waals surface area contributed by atoms with Gasteiger partial charge in [-0.15, -0.1) is 0 Å². The zero-order valence-electron chi connectivity index (χ0n) is 13.6. The molecular formula is C17H16N6O3. The van der Waals surface area contributed by atoms with Gasteiger partial charge in [-0.05, 0) is 30.3 Å². The molecular weight excluding hydrogens is 336 g/mol. The second-order valence-electron chi connectivity index (χ2n) is 5.38. The number of rotatable bonds is 5. The number of benzene rings is 1. The largest absolute Gasteiger partial charge is 0.368 e. The Morgan fingerprint density at radius 2 is 1.81 bits per heavy atom. The molecule has 9 nitrogen and oxygen atoms in total. The highest BCUT2D eigenvalue weighted by molar-refractivity contribution is 6.04. The molecule has 0 fully saturated rings. The number of carbonyl (C=O) groups excluding carboxylic acids is 3. The second kappa shape index (κ2) is 7.34. The van der Waals surface area contributed by atoms with E-state index in [1.807, 2.05) is 6.07 Å². The van der Waals surface area contributed by atoms with Crippen molar-refractivity contribution in [2.75, 3.05) is 17.2 Å². The first-order valence-corrected chi connectivity index (χ1v) is 7.69. The second-order valence-corrected chi connectivity index (χ2v) is 5.38. The van der Waals surface area contributed by atoms with E-state index in [9.17, 15) is 14.4 Å². The molecule has 0 saturated carbocycles. The van der Waals surface area contributed by atoms with E-state index >= 15 is 0 Å². The van der Waals surface area contributed by atoms with Crippen molar-refractivity contribution in [3.8, 4) is 0 Å². The maximum Gasteiger partial charge on any atom is 0.319 e. The van der Waals surface area contributed by atoms with Gasteiger partial charge in [-0.2, -0.15) is 0 Å². The quantitative estimate of drug-likeness (QED) is 0.549. The van der Waals surface area contributed by atoms with Crippen molar-refractivity contribution in [2.45, 2.75) is 0 Å². The Morgan fingerprint density at radius 3 is 2.58 bits per heavy atom. The van der Waals surface area contributed by atoms with Crippen molar-refractivity contribution in [3.63, 3.8) is 0 Å². The van der Waals surface area contributed by atoms with Crippen LogP contribution in [-0.4, -0.2) is 33.8 Å². The fourth-order valence-electron chi connectivity index (χ4n) is 2.31. The molecule has 0 unspecified atom stereocenters. The number of hydrogen-bond donors (Lipinski definition) is 4. The standard InChI is InChI=1S/C17H16N6O3/c18-14(24)10-20-17(26)22-12-5-3-4-11(8-12)21-16(25)13-9-19-15-6-1-2-7-23(13)15/h1-9H,10H2,(H2,18,24)(H,21,25)(H2,20,22,26). The van der Waals surface area contributed by atoms with Gasteiger partial charge in [0.2, 0.25) is 5.91 Å². The molecule has 0 aliphatic rings. The summed E-state index contributed by atoms with van der Waals surface area (Å²) in [5.74, 6) is -0.978. The summed E-state index contributed by atoms with van der Waals surface area (Å²) in [6, 6.07) is 11.5. The summed E-state index contributed by atoms with van der Waals surface area (Å²) in [6.07, 6.45) is 3.24. The number of aromatic nitrogens is 2. The molecule has 2 heterocycles. The molecule has 9 heteroatoms. The smallest absolute Gasteiger partial charge is 0.319 e. The van der Waals surface area contributed by atoms with E-state index in [-0.39, 0.29) is 12.5 Å². The minimum absolute atomic E-state index is 0.267. The average Bonchev–Trinajstić information content (AvgIpc) is 3.04. The zero-order chi connectivity index (χ0) is 18.5. The fourth-order valence-corrected chi connectivity index (χ4v) is 2.31. The van der Waals surface area contributed by atoms with Crippen LogP contribution in [0.4, 0.5) is 16.2 Å². The van der Waals surface area contributed by atoms with E-state index in [1.165, 1.54) is 6.20 Å². The monoisotopic (exact) mass is 352 g/mol. The lowest BCUT2D eigenvalue weighted by Gasteiger charge is -2.09. The topological polar surface area (TPSA) is 131 Å². The molecule has 0 radical (unpaired) electrons. The minimum Gasteiger partial charge on any atom is -0.368 e. The Kier molecular flexibility index (Phi) is 4.79. The number of pyridine rings is 1. The van der Waals surface area contributed by atoms with Crippen molar-refractivity contribution >= 4 is 34.9 Å². The van der Waals surface area contributed by atoms with Crippen LogP contribution in [0.2, 0.25) is 0 Å². The lowest BCUT2D eigenvalue weighted by atomic mass is 10.2. The van der Waals surface area contributed by atoms with Gasteiger partial charge in [0, 0.05) is 17.6 Å². The number of urea groups is 1. The van der Waals surface area contributed by atoms with Gasteiger partial charge >= 0.3 is 6.03 Å². The van der Waals surface area contributed by atoms with Gasteiger partial charge in [-0.25, -0.2) is 9.78 Å². The minimum atomic E-state index is -0.644. The molecule has 26 heavy (non-hydrogen) atoms. The molecule has 1 aromatic carbocycles. The average molecular weight is 352 g/mol. The number of primary amides is 1. The predicted octanol–water partition coefficient (Wildman–Crippen LogP) is 1.19. The Morgan fingerprint density at radius 1 is 1.04 bits per heavy atom. The third-order valence-electron chi connectivity index (χ3n) is 3.45. The summed E-state index contributed by atoms with van der Waals surface area (Å²) in [6.45, 7) is -0.267. The number of nitrogens with zero attached hydrogens (tertiary/aromatic N) is 2. The fraction of sp³-hybridized carbons (Fsp3) is 0.0588. The Hall–Kier alpha value is -3.88. The van der Waals surface area contributed by atoms with Crippen LogP contribution in [0.1, 0.15) is 10.5 Å². The molecule has 0 aliphatic heterocycles. The molecule has 0 aliphatic carbocycles. The first-order chi connectivity index (χ1) is 12.5. The number of hydrogen-bond acceptors (Lipinski definition) is 4. The van der Waals surface area contributed by atoms with Crippen molar-refractivity contribution < 1.29 is 14.4 Å². The first kappa shape index (κ1) is 17.0. The summed E-state index contributed by atoms with van der Waals surface area (Å²) in [4.78, 5) is 39.0. The van der Waals surface area contributed by atoms with Gasteiger partial charge in [0.25, 0.3) is 5.91 Å². The normalized spacial score (nSPS) is 10.3. The number of imidazole rings is 1. The summed E-state index contributed by atoms with van der Waals surface area (Å²) >= 11 is 0. The number of fused-ring (bicyclic) bond motifs is 1. The number of nitrogens with two attached hydrogens (primary N) is 1. The lowest BCUT2D eigenvalue weighted by Crippen LogP contribution is -2.36. The van der Waals surface area contributed by atoms with Gasteiger partial charge in [0.1, 0.15) is 11.3 Å². The van der Waals surface area contributed by atoms with Crippen molar-refractivity contribution in [2.24, 2.45) is 5.73 Å². The van der Waals surface area contributed by atoms with Gasteiger partial charge in [-0.3, -0.25) is 14.0 Å². The van der Waals surface area contributed by atoms with Crippen molar-refractivity contribution in [3.05, 3.63) is 60.6 Å². The summed E-state index contributed by atoms with van der Waals surface area (Å²) in [7, 11) is 0. The van der Waals surface area contributed by atoms with Gasteiger partial charge in [0.15, 0.2) is 0 Å². The van der Waals surface area contributed by atoms with Crippen LogP contribution < -0.4 is 21.7 Å². The number of carbonyl (C=O) groups is 3. The molecule has 2 aromatic heterocycles. The zero-order valence-corrected chi connectivity index (χ0v) is 13.6. The number of anilines is 2. The maximum atomic E-state index is 12.5. The molecule has 0 atom stereocenters. The van der Waals surface area contributed by atoms with Crippen LogP contribution in [0.25, 0.3) is 5.65 Å². The molecule has 4 amide bonds. The van der Waals surface area contributed by atoms with E-state index in [0.717, 1.165) is 0 Å². The highest BCUT2D eigenvalue weighted by atomic mass is 16.2. The number of nitrogens with one attached hydrogen (secondary N) is 3. The Bertz CT molecular complexity index is 981. The molecule has 0 saturated heterocycles. The predicted molar refractivity (Wildman–Crippen MR) is 95.8 cm³/mol. The van der Waals surface area contributed by atoms with E-state index < -0.39 is 11.9 Å². The summed E-state index contributed by atoms with van der Waals surface area (Å²) in [5, 5.41) is 7.61. The summed E-state index contributed by atoms with van der Waals surface area (Å²) < 4.78 is 1.68. The molecule has 0 spiro atoms.